The summed E-state index contributed by atoms with van der Waals surface area (Å²) in [5.74, 6) is 0.211. The smallest absolute Gasteiger partial charge is 0.338 e. The van der Waals surface area contributed by atoms with Gasteiger partial charge in [0.2, 0.25) is 0 Å². The van der Waals surface area contributed by atoms with Crippen LogP contribution in [0.3, 0.4) is 0 Å². The van der Waals surface area contributed by atoms with Gasteiger partial charge in [0.05, 0.1) is 35.6 Å². The molecule has 1 aliphatic heterocycles. The Kier molecular flexibility index (Phi) is 7.64. The lowest BCUT2D eigenvalue weighted by Gasteiger charge is -2.24. The van der Waals surface area contributed by atoms with Crippen LogP contribution < -0.4 is 19.6 Å². The van der Waals surface area contributed by atoms with E-state index >= 15 is 0 Å². The fourth-order valence-electron chi connectivity index (χ4n) is 4.96. The number of hydrogen-bond donors (Lipinski definition) is 0. The van der Waals surface area contributed by atoms with Crippen LogP contribution in [0.15, 0.2) is 75.7 Å². The summed E-state index contributed by atoms with van der Waals surface area (Å²) in [7, 11) is 1.60. The average Bonchev–Trinajstić information content (AvgIpc) is 3.38. The summed E-state index contributed by atoms with van der Waals surface area (Å²) in [6.07, 6.45) is 1.92. The molecule has 0 spiro atoms. The Morgan fingerprint density at radius 3 is 2.44 bits per heavy atom. The minimum atomic E-state index is -0.660. The maximum Gasteiger partial charge on any atom is 0.338 e. The number of nitrogens with zero attached hydrogens (tertiary/aromatic N) is 3. The van der Waals surface area contributed by atoms with Crippen LogP contribution in [0.25, 0.3) is 11.8 Å². The maximum atomic E-state index is 13.9. The molecule has 4 aromatic rings. The van der Waals surface area contributed by atoms with Gasteiger partial charge in [0.15, 0.2) is 4.80 Å². The molecular formula is C30H28IN3O4S. The lowest BCUT2D eigenvalue weighted by atomic mass is 9.96. The zero-order chi connectivity index (χ0) is 27.8. The highest BCUT2D eigenvalue weighted by Gasteiger charge is 2.33. The molecule has 0 bridgehead atoms. The summed E-state index contributed by atoms with van der Waals surface area (Å²) in [5.41, 5.74) is 5.61. The molecule has 0 saturated heterocycles. The number of aromatic nitrogens is 2. The normalized spacial score (nSPS) is 15.2. The second kappa shape index (κ2) is 11.0. The van der Waals surface area contributed by atoms with E-state index in [-0.39, 0.29) is 12.2 Å². The summed E-state index contributed by atoms with van der Waals surface area (Å²) in [5, 5.41) is 0. The van der Waals surface area contributed by atoms with E-state index in [1.165, 1.54) is 14.9 Å². The number of ether oxygens (including phenoxy) is 2. The lowest BCUT2D eigenvalue weighted by molar-refractivity contribution is -0.139. The molecule has 7 nitrogen and oxygen atoms in total. The van der Waals surface area contributed by atoms with Gasteiger partial charge in [-0.15, -0.1) is 0 Å². The van der Waals surface area contributed by atoms with Crippen LogP contribution in [-0.2, 0) is 9.53 Å². The van der Waals surface area contributed by atoms with Crippen molar-refractivity contribution >= 4 is 46.0 Å². The monoisotopic (exact) mass is 653 g/mol. The van der Waals surface area contributed by atoms with Crippen molar-refractivity contribution in [2.45, 2.75) is 33.7 Å². The second-order valence-electron chi connectivity index (χ2n) is 9.21. The highest BCUT2D eigenvalue weighted by Crippen LogP contribution is 2.31. The van der Waals surface area contributed by atoms with Crippen molar-refractivity contribution in [2.24, 2.45) is 4.99 Å². The van der Waals surface area contributed by atoms with Crippen molar-refractivity contribution in [2.75, 3.05) is 13.7 Å². The maximum absolute atomic E-state index is 13.9. The van der Waals surface area contributed by atoms with Crippen LogP contribution in [0.1, 0.15) is 42.4 Å². The zero-order valence-electron chi connectivity index (χ0n) is 22.3. The first-order chi connectivity index (χ1) is 18.7. The van der Waals surface area contributed by atoms with Crippen molar-refractivity contribution in [3.05, 3.63) is 112 Å². The molecule has 0 N–H and O–H groups in total. The topological polar surface area (TPSA) is 74.8 Å². The predicted molar refractivity (Wildman–Crippen MR) is 161 cm³/mol. The Bertz CT molecular complexity index is 1780. The third-order valence-electron chi connectivity index (χ3n) is 6.79. The molecule has 39 heavy (non-hydrogen) atoms. The van der Waals surface area contributed by atoms with Crippen molar-refractivity contribution in [1.82, 2.24) is 9.13 Å². The van der Waals surface area contributed by atoms with Crippen LogP contribution in [0.4, 0.5) is 0 Å². The zero-order valence-corrected chi connectivity index (χ0v) is 25.3. The van der Waals surface area contributed by atoms with Crippen LogP contribution in [0, 0.1) is 17.4 Å². The number of carbonyl (C=O) groups is 1. The van der Waals surface area contributed by atoms with E-state index in [2.05, 4.69) is 76.3 Å². The quantitative estimate of drug-likeness (QED) is 0.221. The minimum absolute atomic E-state index is 0.201. The van der Waals surface area contributed by atoms with Gasteiger partial charge in [-0.3, -0.25) is 9.36 Å². The van der Waals surface area contributed by atoms with Gasteiger partial charge in [-0.25, -0.2) is 9.79 Å². The number of hydrogen-bond acceptors (Lipinski definition) is 6. The molecule has 0 saturated carbocycles. The van der Waals surface area contributed by atoms with E-state index in [1.54, 1.807) is 25.5 Å². The number of rotatable bonds is 6. The number of aryl methyl sites for hydroxylation is 1. The molecule has 2 aromatic carbocycles. The fourth-order valence-corrected chi connectivity index (χ4v) is 6.35. The van der Waals surface area contributed by atoms with E-state index in [0.717, 1.165) is 28.2 Å². The number of thiazole rings is 1. The molecule has 0 fully saturated rings. The first-order valence-corrected chi connectivity index (χ1v) is 14.4. The highest BCUT2D eigenvalue weighted by molar-refractivity contribution is 14.1. The van der Waals surface area contributed by atoms with Crippen molar-refractivity contribution in [3.63, 3.8) is 0 Å². The van der Waals surface area contributed by atoms with Gasteiger partial charge in [0, 0.05) is 20.6 Å². The number of carbonyl (C=O) groups excluding carboxylic acids is 1. The van der Waals surface area contributed by atoms with E-state index in [9.17, 15) is 9.59 Å². The van der Waals surface area contributed by atoms with E-state index < -0.39 is 12.0 Å². The van der Waals surface area contributed by atoms with Crippen LogP contribution >= 0.6 is 33.9 Å². The molecule has 9 heteroatoms. The van der Waals surface area contributed by atoms with E-state index in [4.69, 9.17) is 9.47 Å². The summed E-state index contributed by atoms with van der Waals surface area (Å²) < 4.78 is 16.2. The number of fused-ring (bicyclic) bond motifs is 1. The minimum Gasteiger partial charge on any atom is -0.497 e. The molecule has 1 aliphatic rings. The van der Waals surface area contributed by atoms with Gasteiger partial charge < -0.3 is 14.0 Å². The Hall–Kier alpha value is -3.44. The molecule has 0 aliphatic carbocycles. The SMILES string of the molecule is CCOC(=O)C1=C(C)N=c2s/c(=C\c3cc(C)n(-c4ccc(I)cc4)c3C)c(=O)n2[C@H]1c1ccc(OC)cc1. The predicted octanol–water partition coefficient (Wildman–Crippen LogP) is 4.82. The van der Waals surface area contributed by atoms with Crippen LogP contribution in [0.2, 0.25) is 0 Å². The number of allylic oxidation sites excluding steroid dienone is 1. The number of methoxy groups -OCH3 is 1. The lowest BCUT2D eigenvalue weighted by Crippen LogP contribution is -2.39. The van der Waals surface area contributed by atoms with Crippen molar-refractivity contribution in [1.29, 1.82) is 0 Å². The number of benzene rings is 2. The molecule has 0 amide bonds. The van der Waals surface area contributed by atoms with Crippen molar-refractivity contribution in [3.8, 4) is 11.4 Å². The average molecular weight is 654 g/mol. The summed E-state index contributed by atoms with van der Waals surface area (Å²) >= 11 is 3.62. The van der Waals surface area contributed by atoms with Gasteiger partial charge in [-0.05, 0) is 110 Å². The third-order valence-corrected chi connectivity index (χ3v) is 8.49. The van der Waals surface area contributed by atoms with Gasteiger partial charge in [0.1, 0.15) is 5.75 Å². The Morgan fingerprint density at radius 1 is 1.10 bits per heavy atom. The van der Waals surface area contributed by atoms with Crippen LogP contribution in [-0.4, -0.2) is 28.8 Å². The molecule has 2 aromatic heterocycles. The molecule has 200 valence electrons. The number of esters is 1. The Morgan fingerprint density at radius 2 is 1.79 bits per heavy atom. The van der Waals surface area contributed by atoms with Gasteiger partial charge in [-0.2, -0.15) is 0 Å². The largest absolute Gasteiger partial charge is 0.497 e. The van der Waals surface area contributed by atoms with E-state index in [1.807, 2.05) is 30.3 Å². The van der Waals surface area contributed by atoms with E-state index in [0.29, 0.717) is 26.4 Å². The molecular weight excluding hydrogens is 625 g/mol. The molecule has 0 radical (unpaired) electrons. The Balaban J connectivity index is 1.68. The first kappa shape index (κ1) is 27.1. The van der Waals surface area contributed by atoms with Crippen LogP contribution in [0.5, 0.6) is 5.75 Å². The van der Waals surface area contributed by atoms with Gasteiger partial charge >= 0.3 is 5.97 Å². The molecule has 0 unspecified atom stereocenters. The third kappa shape index (κ3) is 5.00. The summed E-state index contributed by atoms with van der Waals surface area (Å²) in [6, 6.07) is 17.1. The second-order valence-corrected chi connectivity index (χ2v) is 11.5. The molecule has 3 heterocycles. The highest BCUT2D eigenvalue weighted by atomic mass is 127. The molecule has 1 atom stereocenters. The van der Waals surface area contributed by atoms with Gasteiger partial charge in [-0.1, -0.05) is 23.5 Å². The van der Waals surface area contributed by atoms with Crippen molar-refractivity contribution < 1.29 is 14.3 Å². The summed E-state index contributed by atoms with van der Waals surface area (Å²) in [6.45, 7) is 7.89. The standard InChI is InChI=1S/C30H28IN3O4S/c1-6-38-29(36)26-18(3)32-30-34(27(26)20-7-13-24(37-5)14-8-20)28(35)25(39-30)16-21-15-17(2)33(19(21)4)23-11-9-22(31)10-12-23/h7-16,27H,6H2,1-5H3/b25-16-/t27-/m0/s1. The molecule has 5 rings (SSSR count). The first-order valence-electron chi connectivity index (χ1n) is 12.5. The van der Waals surface area contributed by atoms with Gasteiger partial charge in [0.25, 0.3) is 5.56 Å². The fraction of sp³-hybridized carbons (Fsp3) is 0.233. The Labute approximate surface area is 243 Å². The number of halogens is 1. The summed E-state index contributed by atoms with van der Waals surface area (Å²) in [4.78, 5) is 32.2.